The summed E-state index contributed by atoms with van der Waals surface area (Å²) in [4.78, 5) is 80.4. The summed E-state index contributed by atoms with van der Waals surface area (Å²) < 4.78 is 118. The molecule has 3 saturated heterocycles. The fraction of sp³-hybridized carbons (Fsp3) is 0.278. The molecule has 2 atom stereocenters. The molecule has 0 aliphatic carbocycles. The summed E-state index contributed by atoms with van der Waals surface area (Å²) in [5.41, 5.74) is 6.31. The number of hydrogen-bond acceptors (Lipinski definition) is 20. The maximum absolute atomic E-state index is 14.1. The summed E-state index contributed by atoms with van der Waals surface area (Å²) in [5.74, 6) is -1.88. The number of ether oxygens (including phenoxy) is 1. The van der Waals surface area contributed by atoms with Crippen LogP contribution in [-0.4, -0.2) is 180 Å². The average Bonchev–Trinajstić information content (AvgIpc) is 1.78. The van der Waals surface area contributed by atoms with E-state index in [4.69, 9.17) is 27.9 Å². The zero-order valence-electron chi connectivity index (χ0n) is 58.1. The van der Waals surface area contributed by atoms with Crippen LogP contribution in [0.1, 0.15) is 53.5 Å². The first-order valence-corrected chi connectivity index (χ1v) is 40.7. The van der Waals surface area contributed by atoms with Gasteiger partial charge in [-0.3, -0.25) is 33.3 Å². The zero-order valence-corrected chi connectivity index (χ0v) is 63.7. The van der Waals surface area contributed by atoms with Crippen molar-refractivity contribution >= 4 is 149 Å². The van der Waals surface area contributed by atoms with E-state index in [2.05, 4.69) is 48.8 Å². The first kappa shape index (κ1) is 76.6. The van der Waals surface area contributed by atoms with Crippen molar-refractivity contribution in [2.24, 2.45) is 0 Å². The minimum atomic E-state index is -4.09. The van der Waals surface area contributed by atoms with E-state index in [0.717, 1.165) is 59.1 Å². The molecule has 0 bridgehead atoms. The van der Waals surface area contributed by atoms with Crippen LogP contribution in [0.5, 0.6) is 5.75 Å². The lowest BCUT2D eigenvalue weighted by molar-refractivity contribution is -0.139. The number of rotatable bonds is 18. The predicted octanol–water partition coefficient (Wildman–Crippen LogP) is 11.9. The molecule has 107 heavy (non-hydrogen) atoms. The van der Waals surface area contributed by atoms with Crippen LogP contribution < -0.4 is 38.5 Å². The number of anilines is 7. The van der Waals surface area contributed by atoms with Crippen molar-refractivity contribution < 1.29 is 63.7 Å². The van der Waals surface area contributed by atoms with Crippen molar-refractivity contribution in [3.05, 3.63) is 208 Å². The minimum absolute atomic E-state index is 0. The smallest absolute Gasteiger partial charge is 0.263 e. The first-order valence-electron chi connectivity index (χ1n) is 33.7. The third kappa shape index (κ3) is 18.0. The number of sulfonamides is 3. The third-order valence-corrected chi connectivity index (χ3v) is 24.6. The molecule has 10 aromatic rings. The van der Waals surface area contributed by atoms with E-state index in [9.17, 15) is 53.2 Å². The summed E-state index contributed by atoms with van der Waals surface area (Å²) in [5, 5.41) is 5.39. The Kier molecular flexibility index (Phi) is 23.6. The molecule has 35 heteroatoms. The first-order chi connectivity index (χ1) is 51.2. The van der Waals surface area contributed by atoms with Crippen molar-refractivity contribution in [2.45, 2.75) is 60.4 Å². The fourth-order valence-electron chi connectivity index (χ4n) is 12.8. The lowest BCUT2D eigenvalue weighted by atomic mass is 10.00. The summed E-state index contributed by atoms with van der Waals surface area (Å²) >= 11 is 14.2. The van der Waals surface area contributed by atoms with Gasteiger partial charge in [0.15, 0.2) is 21.9 Å². The van der Waals surface area contributed by atoms with Gasteiger partial charge in [-0.1, -0.05) is 23.2 Å². The number of carbonyl (C=O) groups is 4. The van der Waals surface area contributed by atoms with Gasteiger partial charge < -0.3 is 43.6 Å². The van der Waals surface area contributed by atoms with E-state index >= 15 is 0 Å². The van der Waals surface area contributed by atoms with Crippen LogP contribution in [-0.2, 0) is 50.9 Å². The highest BCUT2D eigenvalue weighted by atomic mass is 35.5. The van der Waals surface area contributed by atoms with Crippen LogP contribution >= 0.6 is 45.9 Å². The maximum Gasteiger partial charge on any atom is 0.263 e. The van der Waals surface area contributed by atoms with E-state index in [0.29, 0.717) is 87.0 Å². The van der Waals surface area contributed by atoms with Gasteiger partial charge in [-0.15, -0.1) is 22.7 Å². The van der Waals surface area contributed by atoms with Gasteiger partial charge in [-0.2, -0.15) is 4.98 Å². The molecule has 0 saturated carbocycles. The fourth-order valence-corrected chi connectivity index (χ4v) is 17.7. The Hall–Kier alpha value is -10.0. The third-order valence-electron chi connectivity index (χ3n) is 18.5. The number of fused-ring (bicyclic) bond motifs is 2. The van der Waals surface area contributed by atoms with E-state index in [1.165, 1.54) is 71.0 Å². The molecule has 0 radical (unpaired) electrons. The van der Waals surface area contributed by atoms with Gasteiger partial charge in [0.2, 0.25) is 23.0 Å². The van der Waals surface area contributed by atoms with Gasteiger partial charge in [-0.05, 0) is 177 Å². The molecular formula is C72H81Cl2F2N15O11S5. The van der Waals surface area contributed by atoms with Crippen molar-refractivity contribution in [1.29, 1.82) is 0 Å². The zero-order chi connectivity index (χ0) is 75.9. The Labute approximate surface area is 641 Å². The molecule has 4 aliphatic heterocycles. The van der Waals surface area contributed by atoms with Crippen LogP contribution in [0, 0.1) is 18.6 Å². The maximum atomic E-state index is 14.1. The van der Waals surface area contributed by atoms with Crippen LogP contribution in [0.3, 0.4) is 0 Å². The van der Waals surface area contributed by atoms with Crippen LogP contribution in [0.25, 0.3) is 10.9 Å². The summed E-state index contributed by atoms with van der Waals surface area (Å²) in [6.07, 6.45) is 7.63. The molecular weight excluding hydrogens is 1520 g/mol. The molecule has 568 valence electrons. The second kappa shape index (κ2) is 33.0. The number of aryl methyl sites for hydroxylation is 2. The lowest BCUT2D eigenvalue weighted by Gasteiger charge is -2.41. The molecule has 4 aromatic heterocycles. The summed E-state index contributed by atoms with van der Waals surface area (Å²) in [6, 6.07) is 36.1. The normalized spacial score (nSPS) is 15.5. The highest BCUT2D eigenvalue weighted by Gasteiger charge is 2.34. The van der Waals surface area contributed by atoms with Crippen LogP contribution in [0.2, 0.25) is 10.3 Å². The number of nitrogens with zero attached hydrogens (tertiary/aromatic N) is 12. The topological polar surface area (TPSA) is 295 Å². The van der Waals surface area contributed by atoms with Crippen molar-refractivity contribution in [3.8, 4) is 5.75 Å². The highest BCUT2D eigenvalue weighted by Crippen LogP contribution is 2.34. The van der Waals surface area contributed by atoms with E-state index < -0.39 is 53.6 Å². The molecule has 26 nitrogen and oxygen atoms in total. The molecule has 6 aromatic carbocycles. The number of halogens is 4. The molecule has 1 unspecified atom stereocenters. The Morgan fingerprint density at radius 2 is 1.14 bits per heavy atom. The SMILES string of the molecule is COc1ccc2ccn(C(C)C(=O)N3CCN(c4ccc(S(=O)(=O)Nc5nccs5)cc4)C(=O)C3)c2c1.C[C@H](C(=O)N1CCN(c2ccc(S(=O)(=O)Nc3nc(Cl)ncc3F)cc2)CC1)N1CCCc2cc(Cl)ccc21.Cc1ccc(F)c(C(=O)N2CCN(c3ccc(S(=O)(=O)Nc4nccs4)cc3)CC2)c1.[HH].[HH].[HH].[HH]. The lowest BCUT2D eigenvalue weighted by Crippen LogP contribution is -2.55. The van der Waals surface area contributed by atoms with Gasteiger partial charge in [0.1, 0.15) is 30.2 Å². The molecule has 0 spiro atoms. The van der Waals surface area contributed by atoms with Crippen molar-refractivity contribution in [3.63, 3.8) is 0 Å². The van der Waals surface area contributed by atoms with Gasteiger partial charge >= 0.3 is 0 Å². The molecule has 8 heterocycles. The van der Waals surface area contributed by atoms with Crippen LogP contribution in [0.4, 0.5) is 47.6 Å². The number of benzene rings is 6. The minimum Gasteiger partial charge on any atom is -0.497 e. The Balaban J connectivity index is 0.000000207. The largest absolute Gasteiger partial charge is 0.497 e. The number of thiazole rings is 2. The number of carbonyl (C=O) groups excluding carboxylic acids is 4. The van der Waals surface area contributed by atoms with Gasteiger partial charge in [0, 0.05) is 141 Å². The molecule has 3 fully saturated rings. The predicted molar refractivity (Wildman–Crippen MR) is 418 cm³/mol. The van der Waals surface area contributed by atoms with Gasteiger partial charge in [0.05, 0.1) is 39.1 Å². The molecule has 4 amide bonds. The standard InChI is InChI=1S/C26H27Cl2FN6O3S.C25H25N5O5S2.C21H21FN4O3S2.4H2/c1-17(35-10-2-3-18-15-19(27)4-9-23(18)35)25(36)34-13-11-33(12-14-34)20-5-7-21(8-6-20)39(37,38)32-24-22(29)16-30-26(28)31-24;1-17(29-11-9-18-3-6-20(35-2)15-22(18)29)24(32)28-12-13-30(23(31)16-28)19-4-7-21(8-5-19)37(33,34)27-25-26-10-14-36-25;1-15-2-7-19(22)18(14-15)20(27)26-11-9-25(10-12-26)16-3-5-17(6-4-16)31(28,29)24-21-23-8-13-30-21;;;;/h4-9,15-17H,2-3,10-14H2,1H3,(H,30,31,32);3-11,14-15,17H,12-13,16H2,1-2H3,(H,26,27);2-8,13-14H,9-12H2,1H3,(H,23,24);4*1H/t17-;;;;;;/m1....../s1. The Morgan fingerprint density at radius 1 is 0.589 bits per heavy atom. The number of nitrogens with one attached hydrogen (secondary N) is 3. The number of amides is 4. The van der Waals surface area contributed by atoms with Crippen molar-refractivity contribution in [2.75, 3.05) is 119 Å². The second-order valence-electron chi connectivity index (χ2n) is 25.3. The quantitative estimate of drug-likeness (QED) is 0.0673. The second-order valence-corrected chi connectivity index (χ2v) is 32.9. The van der Waals surface area contributed by atoms with E-state index in [1.807, 2.05) is 78.9 Å². The van der Waals surface area contributed by atoms with E-state index in [1.54, 1.807) is 93.2 Å². The molecule has 3 N–H and O–H groups in total. The summed E-state index contributed by atoms with van der Waals surface area (Å²) in [6.45, 7) is 11.4. The Bertz CT molecular complexity index is 5260. The number of piperazine rings is 3. The molecule has 4 aliphatic rings. The number of hydrogen-bond donors (Lipinski definition) is 3. The van der Waals surface area contributed by atoms with Gasteiger partial charge in [-0.25, -0.2) is 49.0 Å². The number of methoxy groups -OCH3 is 1. The van der Waals surface area contributed by atoms with Gasteiger partial charge in [0.25, 0.3) is 36.0 Å². The summed E-state index contributed by atoms with van der Waals surface area (Å²) in [7, 11) is -9.97. The van der Waals surface area contributed by atoms with Crippen molar-refractivity contribution in [1.82, 2.24) is 39.2 Å². The highest BCUT2D eigenvalue weighted by molar-refractivity contribution is 7.93. The van der Waals surface area contributed by atoms with E-state index in [-0.39, 0.29) is 72.6 Å². The monoisotopic (exact) mass is 1600 g/mol. The average molecular weight is 1600 g/mol. The number of aromatic nitrogens is 5. The Morgan fingerprint density at radius 3 is 1.70 bits per heavy atom. The molecule has 14 rings (SSSR count). The van der Waals surface area contributed by atoms with Crippen LogP contribution in [0.15, 0.2) is 184 Å².